The van der Waals surface area contributed by atoms with Gasteiger partial charge in [-0.2, -0.15) is 0 Å². The van der Waals surface area contributed by atoms with Crippen molar-refractivity contribution in [3.05, 3.63) is 41.5 Å². The van der Waals surface area contributed by atoms with Gasteiger partial charge in [-0.1, -0.05) is 0 Å². The summed E-state index contributed by atoms with van der Waals surface area (Å²) in [4.78, 5) is 25.7. The molecular formula is C25H26O10S. The molecule has 3 aromatic rings. The summed E-state index contributed by atoms with van der Waals surface area (Å²) in [6.07, 6.45) is 1.02. The smallest absolute Gasteiger partial charge is 0.339 e. The van der Waals surface area contributed by atoms with Gasteiger partial charge in [0.25, 0.3) is 0 Å². The van der Waals surface area contributed by atoms with E-state index in [1.165, 1.54) is 60.9 Å². The molecule has 0 bridgehead atoms. The fraction of sp³-hybridized carbons (Fsp3) is 0.280. The van der Waals surface area contributed by atoms with Crippen molar-refractivity contribution in [3.8, 4) is 34.1 Å². The minimum Gasteiger partial charge on any atom is -0.493 e. The summed E-state index contributed by atoms with van der Waals surface area (Å²) in [5.41, 5.74) is 0.230. The molecule has 0 radical (unpaired) electrons. The zero-order valence-electron chi connectivity index (χ0n) is 20.9. The Kier molecular flexibility index (Phi) is 7.63. The van der Waals surface area contributed by atoms with Crippen molar-refractivity contribution in [2.75, 3.05) is 48.9 Å². The monoisotopic (exact) mass is 518 g/mol. The van der Waals surface area contributed by atoms with Crippen molar-refractivity contribution in [3.63, 3.8) is 0 Å². The highest BCUT2D eigenvalue weighted by molar-refractivity contribution is 7.90. The first kappa shape index (κ1) is 26.6. The molecule has 0 aromatic heterocycles. The second kappa shape index (κ2) is 10.3. The van der Waals surface area contributed by atoms with Crippen LogP contribution in [0, 0.1) is 0 Å². The Morgan fingerprint density at radius 1 is 0.694 bits per heavy atom. The van der Waals surface area contributed by atoms with Crippen LogP contribution in [0.5, 0.6) is 23.0 Å². The molecule has 3 aromatic carbocycles. The first-order valence-electron chi connectivity index (χ1n) is 10.4. The van der Waals surface area contributed by atoms with Crippen LogP contribution in [0.3, 0.4) is 0 Å². The molecule has 0 heterocycles. The lowest BCUT2D eigenvalue weighted by atomic mass is 9.89. The van der Waals surface area contributed by atoms with Crippen LogP contribution in [0.25, 0.3) is 21.9 Å². The van der Waals surface area contributed by atoms with E-state index in [1.54, 1.807) is 12.1 Å². The van der Waals surface area contributed by atoms with Crippen LogP contribution in [0.2, 0.25) is 0 Å². The Bertz CT molecular complexity index is 1460. The van der Waals surface area contributed by atoms with Gasteiger partial charge in [-0.05, 0) is 46.7 Å². The molecule has 10 nitrogen and oxygen atoms in total. The fourth-order valence-corrected chi connectivity index (χ4v) is 4.82. The van der Waals surface area contributed by atoms with E-state index in [-0.39, 0.29) is 38.6 Å². The number of ether oxygens (including phenoxy) is 6. The molecule has 0 aliphatic carbocycles. The van der Waals surface area contributed by atoms with Gasteiger partial charge in [0.2, 0.25) is 0 Å². The number of carbonyl (C=O) groups is 2. The number of methoxy groups -OCH3 is 6. The van der Waals surface area contributed by atoms with Crippen molar-refractivity contribution < 1.29 is 46.4 Å². The first-order valence-corrected chi connectivity index (χ1v) is 12.3. The third kappa shape index (κ3) is 4.61. The van der Waals surface area contributed by atoms with Crippen molar-refractivity contribution in [2.45, 2.75) is 4.90 Å². The van der Waals surface area contributed by atoms with E-state index in [0.29, 0.717) is 22.3 Å². The number of fused-ring (bicyclic) bond motifs is 1. The highest BCUT2D eigenvalue weighted by Gasteiger charge is 2.29. The normalized spacial score (nSPS) is 11.1. The van der Waals surface area contributed by atoms with E-state index in [9.17, 15) is 18.0 Å². The number of carbonyl (C=O) groups excluding carboxylic acids is 2. The molecule has 192 valence electrons. The SMILES string of the molecule is COC(=O)c1cc2cc(OC)c(OC)cc2c(-c2cc(OC)c(OC)c(S(C)(=O)=O)c2)c1C(=O)OC. The molecule has 3 rings (SSSR count). The molecule has 0 unspecified atom stereocenters. The maximum atomic E-state index is 13.1. The van der Waals surface area contributed by atoms with Crippen molar-refractivity contribution >= 4 is 32.5 Å². The fourth-order valence-electron chi connectivity index (χ4n) is 3.96. The van der Waals surface area contributed by atoms with Gasteiger partial charge in [0.1, 0.15) is 4.90 Å². The number of sulfone groups is 1. The second-order valence-corrected chi connectivity index (χ2v) is 9.55. The number of esters is 2. The lowest BCUT2D eigenvalue weighted by Gasteiger charge is -2.20. The third-order valence-electron chi connectivity index (χ3n) is 5.57. The van der Waals surface area contributed by atoms with Crippen molar-refractivity contribution in [1.82, 2.24) is 0 Å². The van der Waals surface area contributed by atoms with Crippen LogP contribution in [-0.2, 0) is 19.3 Å². The maximum absolute atomic E-state index is 13.1. The van der Waals surface area contributed by atoms with Crippen molar-refractivity contribution in [2.24, 2.45) is 0 Å². The minimum atomic E-state index is -3.81. The van der Waals surface area contributed by atoms with E-state index in [0.717, 1.165) is 6.26 Å². The predicted octanol–water partition coefficient (Wildman–Crippen LogP) is 3.52. The van der Waals surface area contributed by atoms with Crippen LogP contribution in [0.4, 0.5) is 0 Å². The summed E-state index contributed by atoms with van der Waals surface area (Å²) in [5.74, 6) is -0.812. The lowest BCUT2D eigenvalue weighted by Crippen LogP contribution is -2.14. The van der Waals surface area contributed by atoms with E-state index < -0.39 is 21.8 Å². The largest absolute Gasteiger partial charge is 0.493 e. The van der Waals surface area contributed by atoms with Gasteiger partial charge in [-0.15, -0.1) is 0 Å². The zero-order chi connectivity index (χ0) is 26.8. The summed E-state index contributed by atoms with van der Waals surface area (Å²) >= 11 is 0. The minimum absolute atomic E-state index is 0.00366. The first-order chi connectivity index (χ1) is 17.1. The van der Waals surface area contributed by atoms with Crippen molar-refractivity contribution in [1.29, 1.82) is 0 Å². The molecule has 0 amide bonds. The van der Waals surface area contributed by atoms with Gasteiger partial charge in [0.15, 0.2) is 32.8 Å². The Morgan fingerprint density at radius 2 is 1.28 bits per heavy atom. The highest BCUT2D eigenvalue weighted by atomic mass is 32.2. The summed E-state index contributed by atoms with van der Waals surface area (Å²) in [5, 5.41) is 0.943. The Hall–Kier alpha value is -3.99. The predicted molar refractivity (Wildman–Crippen MR) is 131 cm³/mol. The van der Waals surface area contributed by atoms with Crippen LogP contribution < -0.4 is 18.9 Å². The zero-order valence-corrected chi connectivity index (χ0v) is 21.7. The van der Waals surface area contributed by atoms with Gasteiger partial charge < -0.3 is 28.4 Å². The Labute approximate surface area is 208 Å². The number of rotatable bonds is 8. The molecular weight excluding hydrogens is 492 g/mol. The van der Waals surface area contributed by atoms with Crippen LogP contribution in [0.15, 0.2) is 35.2 Å². The number of hydrogen-bond donors (Lipinski definition) is 0. The Balaban J connectivity index is 2.66. The summed E-state index contributed by atoms with van der Waals surface area (Å²) < 4.78 is 56.8. The molecule has 0 fully saturated rings. The average molecular weight is 519 g/mol. The molecule has 11 heteroatoms. The summed E-state index contributed by atoms with van der Waals surface area (Å²) in [7, 11) is 4.12. The molecule has 0 saturated heterocycles. The standard InChI is InChI=1S/C25H26O10S/c1-30-17-9-13-8-16(24(26)34-5)22(25(27)35-6)21(15(13)12-18(17)31-2)14-10-19(32-3)23(33-4)20(11-14)36(7,28)29/h8-12H,1-7H3. The van der Waals surface area contributed by atoms with Gasteiger partial charge in [0.05, 0.1) is 53.8 Å². The molecule has 0 aliphatic rings. The Morgan fingerprint density at radius 3 is 1.78 bits per heavy atom. The number of benzene rings is 3. The highest BCUT2D eigenvalue weighted by Crippen LogP contribution is 2.45. The van der Waals surface area contributed by atoms with E-state index >= 15 is 0 Å². The van der Waals surface area contributed by atoms with Crippen LogP contribution in [0.1, 0.15) is 20.7 Å². The van der Waals surface area contributed by atoms with Gasteiger partial charge >= 0.3 is 11.9 Å². The quantitative estimate of drug-likeness (QED) is 0.409. The topological polar surface area (TPSA) is 124 Å². The van der Waals surface area contributed by atoms with Gasteiger partial charge in [-0.25, -0.2) is 18.0 Å². The molecule has 0 aliphatic heterocycles. The van der Waals surface area contributed by atoms with E-state index in [1.807, 2.05) is 0 Å². The maximum Gasteiger partial charge on any atom is 0.339 e. The molecule has 0 spiro atoms. The summed E-state index contributed by atoms with van der Waals surface area (Å²) in [6, 6.07) is 7.57. The van der Waals surface area contributed by atoms with Crippen LogP contribution >= 0.6 is 0 Å². The van der Waals surface area contributed by atoms with Gasteiger partial charge in [-0.3, -0.25) is 0 Å². The molecule has 0 saturated carbocycles. The average Bonchev–Trinajstić information content (AvgIpc) is 2.88. The third-order valence-corrected chi connectivity index (χ3v) is 6.67. The second-order valence-electron chi connectivity index (χ2n) is 7.57. The molecule has 0 atom stereocenters. The summed E-state index contributed by atoms with van der Waals surface area (Å²) in [6.45, 7) is 0. The van der Waals surface area contributed by atoms with E-state index in [2.05, 4.69) is 0 Å². The lowest BCUT2D eigenvalue weighted by molar-refractivity contribution is 0.0556. The van der Waals surface area contributed by atoms with Crippen LogP contribution in [-0.4, -0.2) is 69.3 Å². The van der Waals surface area contributed by atoms with E-state index in [4.69, 9.17) is 28.4 Å². The molecule has 36 heavy (non-hydrogen) atoms. The van der Waals surface area contributed by atoms with Gasteiger partial charge in [0, 0.05) is 11.8 Å². The molecule has 0 N–H and O–H groups in total. The number of hydrogen-bond acceptors (Lipinski definition) is 10.